The third kappa shape index (κ3) is 2.73. The van der Waals surface area contributed by atoms with Crippen molar-refractivity contribution in [1.82, 2.24) is 4.90 Å². The van der Waals surface area contributed by atoms with Crippen molar-refractivity contribution >= 4 is 23.0 Å². The molecule has 1 saturated heterocycles. The van der Waals surface area contributed by atoms with E-state index in [0.29, 0.717) is 22.8 Å². The zero-order valence-corrected chi connectivity index (χ0v) is 10.6. The average molecular weight is 252 g/mol. The maximum absolute atomic E-state index is 12.1. The van der Waals surface area contributed by atoms with Crippen LogP contribution in [0.2, 0.25) is 0 Å². The Labute approximate surface area is 104 Å². The zero-order chi connectivity index (χ0) is 12.4. The quantitative estimate of drug-likeness (QED) is 0.812. The van der Waals surface area contributed by atoms with Crippen LogP contribution in [0.3, 0.4) is 0 Å². The minimum atomic E-state index is 0.00900. The van der Waals surface area contributed by atoms with E-state index in [-0.39, 0.29) is 17.7 Å². The Hall–Kier alpha value is -1.20. The van der Waals surface area contributed by atoms with Gasteiger partial charge < -0.3 is 10.6 Å². The van der Waals surface area contributed by atoms with E-state index < -0.39 is 0 Å². The third-order valence-electron chi connectivity index (χ3n) is 2.99. The smallest absolute Gasteiger partial charge is 0.263 e. The second kappa shape index (κ2) is 4.98. The molecular weight excluding hydrogens is 236 g/mol. The molecule has 0 bridgehead atoms. The molecule has 92 valence electrons. The van der Waals surface area contributed by atoms with Crippen LogP contribution in [0.1, 0.15) is 39.1 Å². The van der Waals surface area contributed by atoms with Gasteiger partial charge in [-0.3, -0.25) is 9.59 Å². The van der Waals surface area contributed by atoms with Crippen molar-refractivity contribution in [2.45, 2.75) is 25.8 Å². The fraction of sp³-hybridized carbons (Fsp3) is 0.500. The minimum absolute atomic E-state index is 0.00900. The molecule has 1 aliphatic rings. The molecule has 4 nitrogen and oxygen atoms in total. The summed E-state index contributed by atoms with van der Waals surface area (Å²) in [5, 5.41) is 0. The van der Waals surface area contributed by atoms with Crippen LogP contribution in [0.5, 0.6) is 0 Å². The van der Waals surface area contributed by atoms with Gasteiger partial charge >= 0.3 is 0 Å². The Morgan fingerprint density at radius 3 is 2.41 bits per heavy atom. The second-order valence-corrected chi connectivity index (χ2v) is 5.43. The molecule has 0 unspecified atom stereocenters. The fourth-order valence-electron chi connectivity index (χ4n) is 1.90. The van der Waals surface area contributed by atoms with Gasteiger partial charge in [0.05, 0.1) is 9.75 Å². The molecule has 1 aromatic rings. The number of nitrogens with two attached hydrogens (primary N) is 1. The number of hydrogen-bond acceptors (Lipinski definition) is 4. The summed E-state index contributed by atoms with van der Waals surface area (Å²) in [5.41, 5.74) is 5.80. The first-order chi connectivity index (χ1) is 8.08. The number of thiophene rings is 1. The highest BCUT2D eigenvalue weighted by Crippen LogP contribution is 2.20. The molecular formula is C12H16N2O2S. The van der Waals surface area contributed by atoms with Crippen molar-refractivity contribution in [3.63, 3.8) is 0 Å². The van der Waals surface area contributed by atoms with Gasteiger partial charge in [-0.05, 0) is 31.9 Å². The van der Waals surface area contributed by atoms with E-state index in [1.165, 1.54) is 18.3 Å². The molecule has 0 spiro atoms. The summed E-state index contributed by atoms with van der Waals surface area (Å²) in [6.07, 6.45) is 1.72. The van der Waals surface area contributed by atoms with Crippen LogP contribution in [0.25, 0.3) is 0 Å². The normalized spacial score (nSPS) is 17.2. The Morgan fingerprint density at radius 2 is 1.88 bits per heavy atom. The number of nitrogens with zero attached hydrogens (tertiary/aromatic N) is 1. The lowest BCUT2D eigenvalue weighted by molar-refractivity contribution is 0.0719. The van der Waals surface area contributed by atoms with Gasteiger partial charge in [-0.25, -0.2) is 0 Å². The molecule has 0 aromatic carbocycles. The number of rotatable bonds is 2. The van der Waals surface area contributed by atoms with E-state index in [0.717, 1.165) is 12.8 Å². The summed E-state index contributed by atoms with van der Waals surface area (Å²) in [6, 6.07) is 3.67. The molecule has 2 rings (SSSR count). The molecule has 17 heavy (non-hydrogen) atoms. The molecule has 2 N–H and O–H groups in total. The van der Waals surface area contributed by atoms with Gasteiger partial charge in [0.15, 0.2) is 5.78 Å². The van der Waals surface area contributed by atoms with Crippen LogP contribution in [0.15, 0.2) is 12.1 Å². The minimum Gasteiger partial charge on any atom is -0.338 e. The molecule has 0 saturated carbocycles. The monoisotopic (exact) mass is 252 g/mol. The van der Waals surface area contributed by atoms with E-state index in [4.69, 9.17) is 5.73 Å². The fourth-order valence-corrected chi connectivity index (χ4v) is 2.77. The van der Waals surface area contributed by atoms with Crippen LogP contribution in [0, 0.1) is 0 Å². The first kappa shape index (κ1) is 12.3. The lowest BCUT2D eigenvalue weighted by atomic mass is 10.1. The van der Waals surface area contributed by atoms with Crippen molar-refractivity contribution in [3.05, 3.63) is 21.9 Å². The molecule has 0 aliphatic carbocycles. The van der Waals surface area contributed by atoms with Crippen LogP contribution in [-0.4, -0.2) is 35.7 Å². The number of Topliss-reactive ketones (excluding diaryl/α,β-unsaturated/α-hetero) is 1. The van der Waals surface area contributed by atoms with Gasteiger partial charge in [-0.2, -0.15) is 0 Å². The van der Waals surface area contributed by atoms with Crippen LogP contribution in [0.4, 0.5) is 0 Å². The number of carbonyl (C=O) groups is 2. The van der Waals surface area contributed by atoms with Gasteiger partial charge in [-0.15, -0.1) is 11.3 Å². The first-order valence-corrected chi connectivity index (χ1v) is 6.55. The number of likely N-dealkylation sites (tertiary alicyclic amines) is 1. The van der Waals surface area contributed by atoms with E-state index in [9.17, 15) is 9.59 Å². The summed E-state index contributed by atoms with van der Waals surface area (Å²) < 4.78 is 0. The van der Waals surface area contributed by atoms with E-state index in [1.54, 1.807) is 12.1 Å². The summed E-state index contributed by atoms with van der Waals surface area (Å²) >= 11 is 1.27. The molecule has 1 aliphatic heterocycles. The van der Waals surface area contributed by atoms with Gasteiger partial charge in [0, 0.05) is 19.1 Å². The van der Waals surface area contributed by atoms with Gasteiger partial charge in [0.25, 0.3) is 5.91 Å². The van der Waals surface area contributed by atoms with Crippen molar-refractivity contribution in [1.29, 1.82) is 0 Å². The first-order valence-electron chi connectivity index (χ1n) is 5.73. The highest BCUT2D eigenvalue weighted by molar-refractivity contribution is 7.15. The van der Waals surface area contributed by atoms with Gasteiger partial charge in [0.1, 0.15) is 0 Å². The molecule has 5 heteroatoms. The third-order valence-corrected chi connectivity index (χ3v) is 4.16. The summed E-state index contributed by atoms with van der Waals surface area (Å²) in [4.78, 5) is 26.4. The second-order valence-electron chi connectivity index (χ2n) is 4.35. The van der Waals surface area contributed by atoms with E-state index in [2.05, 4.69) is 0 Å². The maximum Gasteiger partial charge on any atom is 0.263 e. The lowest BCUT2D eigenvalue weighted by Gasteiger charge is -2.29. The number of hydrogen-bond donors (Lipinski definition) is 1. The Morgan fingerprint density at radius 1 is 1.29 bits per heavy atom. The molecule has 0 radical (unpaired) electrons. The number of carbonyl (C=O) groups excluding carboxylic acids is 2. The largest absolute Gasteiger partial charge is 0.338 e. The molecule has 1 fully saturated rings. The molecule has 2 heterocycles. The Kier molecular flexibility index (Phi) is 3.59. The van der Waals surface area contributed by atoms with Gasteiger partial charge in [0.2, 0.25) is 0 Å². The summed E-state index contributed by atoms with van der Waals surface area (Å²) in [6.45, 7) is 2.95. The lowest BCUT2D eigenvalue weighted by Crippen LogP contribution is -2.42. The van der Waals surface area contributed by atoms with E-state index in [1.807, 2.05) is 4.90 Å². The zero-order valence-electron chi connectivity index (χ0n) is 9.81. The highest BCUT2D eigenvalue weighted by Gasteiger charge is 2.22. The molecule has 0 atom stereocenters. The highest BCUT2D eigenvalue weighted by atomic mass is 32.1. The van der Waals surface area contributed by atoms with Gasteiger partial charge in [-0.1, -0.05) is 0 Å². The summed E-state index contributed by atoms with van der Waals surface area (Å²) in [7, 11) is 0. The number of ketones is 1. The van der Waals surface area contributed by atoms with Crippen LogP contribution < -0.4 is 5.73 Å². The predicted molar refractivity (Wildman–Crippen MR) is 67.4 cm³/mol. The average Bonchev–Trinajstić information content (AvgIpc) is 2.78. The van der Waals surface area contributed by atoms with Crippen molar-refractivity contribution in [2.75, 3.05) is 13.1 Å². The SMILES string of the molecule is CC(=O)c1ccc(C(=O)N2CCC(N)CC2)s1. The Balaban J connectivity index is 2.06. The van der Waals surface area contributed by atoms with Crippen LogP contribution >= 0.6 is 11.3 Å². The van der Waals surface area contributed by atoms with E-state index >= 15 is 0 Å². The Bertz CT molecular complexity index is 433. The maximum atomic E-state index is 12.1. The summed E-state index contributed by atoms with van der Waals surface area (Å²) in [5.74, 6) is 0.0316. The topological polar surface area (TPSA) is 63.4 Å². The predicted octanol–water partition coefficient (Wildman–Crippen LogP) is 1.51. The molecule has 1 aromatic heterocycles. The van der Waals surface area contributed by atoms with Crippen LogP contribution in [-0.2, 0) is 0 Å². The standard InChI is InChI=1S/C12H16N2O2S/c1-8(15)10-2-3-11(17-10)12(16)14-6-4-9(13)5-7-14/h2-3,9H,4-7,13H2,1H3. The number of amides is 1. The number of piperidine rings is 1. The molecule has 1 amide bonds. The van der Waals surface area contributed by atoms with Crippen molar-refractivity contribution in [2.24, 2.45) is 5.73 Å². The van der Waals surface area contributed by atoms with Crippen molar-refractivity contribution < 1.29 is 9.59 Å². The van der Waals surface area contributed by atoms with Crippen molar-refractivity contribution in [3.8, 4) is 0 Å².